The Morgan fingerprint density at radius 1 is 1.50 bits per heavy atom. The number of amides is 1. The zero-order valence-electron chi connectivity index (χ0n) is 8.29. The highest BCUT2D eigenvalue weighted by atomic mass is 79.9. The van der Waals surface area contributed by atoms with Crippen LogP contribution in [0.5, 0.6) is 0 Å². The van der Waals surface area contributed by atoms with E-state index >= 15 is 0 Å². The number of aromatic nitrogens is 1. The van der Waals surface area contributed by atoms with Gasteiger partial charge in [0.05, 0.1) is 0 Å². The van der Waals surface area contributed by atoms with Crippen LogP contribution < -0.4 is 5.32 Å². The number of hydrogen-bond acceptors (Lipinski definition) is 3. The second-order valence-electron chi connectivity index (χ2n) is 2.77. The topological polar surface area (TPSA) is 65.8 Å². The Bertz CT molecular complexity index is 471. The molecule has 0 atom stereocenters. The van der Waals surface area contributed by atoms with Crippen molar-refractivity contribution >= 4 is 43.8 Å². The Morgan fingerprint density at radius 3 is 2.50 bits per heavy atom. The molecule has 1 rings (SSSR count). The maximum Gasteiger partial charge on any atom is 0.261 e. The van der Waals surface area contributed by atoms with Crippen molar-refractivity contribution in [2.45, 2.75) is 0 Å². The van der Waals surface area contributed by atoms with E-state index < -0.39 is 5.91 Å². The normalized spacial score (nSPS) is 10.8. The Morgan fingerprint density at radius 2 is 2.06 bits per heavy atom. The van der Waals surface area contributed by atoms with Crippen molar-refractivity contribution in [3.05, 3.63) is 32.5 Å². The Kier molecular flexibility index (Phi) is 4.65. The molecular weight excluding hydrogens is 338 g/mol. The fourth-order valence-electron chi connectivity index (χ4n) is 0.987. The molecule has 1 amide bonds. The molecule has 1 heterocycles. The summed E-state index contributed by atoms with van der Waals surface area (Å²) in [6.07, 6.45) is 4.68. The lowest BCUT2D eigenvalue weighted by atomic mass is 10.1. The van der Waals surface area contributed by atoms with Crippen LogP contribution in [0.15, 0.2) is 26.9 Å². The van der Waals surface area contributed by atoms with E-state index in [0.717, 1.165) is 0 Å². The lowest BCUT2D eigenvalue weighted by Gasteiger charge is -2.02. The number of nitrogens with one attached hydrogen (secondary N) is 1. The van der Waals surface area contributed by atoms with E-state index in [-0.39, 0.29) is 5.57 Å². The summed E-state index contributed by atoms with van der Waals surface area (Å²) in [7, 11) is 1.48. The zero-order chi connectivity index (χ0) is 12.1. The molecule has 16 heavy (non-hydrogen) atoms. The summed E-state index contributed by atoms with van der Waals surface area (Å²) in [5.74, 6) is -0.418. The molecule has 1 aromatic rings. The second kappa shape index (κ2) is 5.77. The minimum atomic E-state index is -0.418. The number of carbonyl (C=O) groups is 1. The van der Waals surface area contributed by atoms with Gasteiger partial charge >= 0.3 is 0 Å². The van der Waals surface area contributed by atoms with Crippen molar-refractivity contribution in [3.8, 4) is 6.07 Å². The maximum atomic E-state index is 11.3. The molecule has 0 unspecified atom stereocenters. The molecule has 1 aromatic heterocycles. The van der Waals surface area contributed by atoms with Crippen molar-refractivity contribution < 1.29 is 4.79 Å². The average Bonchev–Trinajstić information content (AvgIpc) is 2.28. The van der Waals surface area contributed by atoms with Crippen molar-refractivity contribution in [2.24, 2.45) is 0 Å². The first kappa shape index (κ1) is 12.9. The van der Waals surface area contributed by atoms with Crippen LogP contribution in [0.25, 0.3) is 6.08 Å². The summed E-state index contributed by atoms with van der Waals surface area (Å²) < 4.78 is 1.41. The predicted molar refractivity (Wildman–Crippen MR) is 67.3 cm³/mol. The van der Waals surface area contributed by atoms with E-state index in [4.69, 9.17) is 5.26 Å². The number of hydrogen-bond donors (Lipinski definition) is 1. The van der Waals surface area contributed by atoms with Crippen molar-refractivity contribution in [2.75, 3.05) is 7.05 Å². The zero-order valence-corrected chi connectivity index (χ0v) is 11.5. The number of nitrogens with zero attached hydrogens (tertiary/aromatic N) is 2. The number of pyridine rings is 1. The van der Waals surface area contributed by atoms with Crippen LogP contribution in [0.2, 0.25) is 0 Å². The van der Waals surface area contributed by atoms with Crippen LogP contribution in [-0.4, -0.2) is 17.9 Å². The fraction of sp³-hybridized carbons (Fsp3) is 0.100. The van der Waals surface area contributed by atoms with Gasteiger partial charge in [0.25, 0.3) is 5.91 Å². The van der Waals surface area contributed by atoms with Crippen LogP contribution in [0.1, 0.15) is 5.56 Å². The summed E-state index contributed by atoms with van der Waals surface area (Å²) in [5.41, 5.74) is 0.741. The molecular formula is C10H7Br2N3O. The van der Waals surface area contributed by atoms with Gasteiger partial charge < -0.3 is 5.32 Å². The minimum Gasteiger partial charge on any atom is -0.354 e. The molecule has 6 heteroatoms. The Balaban J connectivity index is 3.25. The van der Waals surface area contributed by atoms with Crippen LogP contribution in [0.3, 0.4) is 0 Å². The predicted octanol–water partition coefficient (Wildman–Crippen LogP) is 2.26. The monoisotopic (exact) mass is 343 g/mol. The molecule has 0 radical (unpaired) electrons. The fourth-order valence-corrected chi connectivity index (χ4v) is 2.15. The van der Waals surface area contributed by atoms with E-state index in [9.17, 15) is 4.79 Å². The van der Waals surface area contributed by atoms with Crippen molar-refractivity contribution in [1.82, 2.24) is 10.3 Å². The van der Waals surface area contributed by atoms with Crippen LogP contribution in [-0.2, 0) is 4.79 Å². The summed E-state index contributed by atoms with van der Waals surface area (Å²) in [4.78, 5) is 15.3. The average molecular weight is 345 g/mol. The first-order valence-electron chi connectivity index (χ1n) is 4.23. The van der Waals surface area contributed by atoms with Gasteiger partial charge in [0.1, 0.15) is 11.6 Å². The third-order valence-corrected chi connectivity index (χ3v) is 3.04. The summed E-state index contributed by atoms with van der Waals surface area (Å²) >= 11 is 6.60. The molecule has 0 aliphatic carbocycles. The quantitative estimate of drug-likeness (QED) is 0.661. The molecule has 0 aromatic carbocycles. The highest BCUT2D eigenvalue weighted by Crippen LogP contribution is 2.26. The molecule has 4 nitrogen and oxygen atoms in total. The van der Waals surface area contributed by atoms with Gasteiger partial charge in [-0.25, -0.2) is 0 Å². The summed E-state index contributed by atoms with van der Waals surface area (Å²) in [6, 6.07) is 1.84. The molecule has 82 valence electrons. The van der Waals surface area contributed by atoms with Crippen molar-refractivity contribution in [3.63, 3.8) is 0 Å². The Labute approximate surface area is 110 Å². The number of carbonyl (C=O) groups excluding carboxylic acids is 1. The van der Waals surface area contributed by atoms with E-state index in [1.807, 2.05) is 6.07 Å². The summed E-state index contributed by atoms with van der Waals surface area (Å²) in [5, 5.41) is 11.2. The van der Waals surface area contributed by atoms with Crippen LogP contribution in [0, 0.1) is 11.3 Å². The van der Waals surface area contributed by atoms with Gasteiger partial charge in [-0.3, -0.25) is 9.78 Å². The first-order chi connectivity index (χ1) is 7.60. The van der Waals surface area contributed by atoms with Gasteiger partial charge in [-0.15, -0.1) is 0 Å². The van der Waals surface area contributed by atoms with Crippen LogP contribution in [0.4, 0.5) is 0 Å². The molecule has 0 aliphatic heterocycles. The lowest BCUT2D eigenvalue weighted by molar-refractivity contribution is -0.116. The van der Waals surface area contributed by atoms with Gasteiger partial charge in [0.15, 0.2) is 0 Å². The van der Waals surface area contributed by atoms with Crippen molar-refractivity contribution in [1.29, 1.82) is 5.26 Å². The number of likely N-dealkylation sites (N-methyl/N-ethyl adjacent to an activating group) is 1. The van der Waals surface area contributed by atoms with Gasteiger partial charge in [0, 0.05) is 34.0 Å². The van der Waals surface area contributed by atoms with Gasteiger partial charge in [-0.05, 0) is 37.9 Å². The van der Waals surface area contributed by atoms with Gasteiger partial charge in [-0.2, -0.15) is 5.26 Å². The minimum absolute atomic E-state index is 0.0371. The molecule has 0 spiro atoms. The number of halogens is 2. The van der Waals surface area contributed by atoms with Crippen LogP contribution >= 0.6 is 31.9 Å². The Hall–Kier alpha value is -1.19. The molecule has 0 bridgehead atoms. The molecule has 0 saturated carbocycles. The SMILES string of the molecule is CNC(=O)C(C#N)=Cc1c(Br)cncc1Br. The van der Waals surface area contributed by atoms with E-state index in [1.165, 1.54) is 13.1 Å². The highest BCUT2D eigenvalue weighted by molar-refractivity contribution is 9.11. The molecule has 1 N–H and O–H groups in total. The number of nitriles is 1. The molecule has 0 aliphatic rings. The highest BCUT2D eigenvalue weighted by Gasteiger charge is 2.09. The first-order valence-corrected chi connectivity index (χ1v) is 5.81. The smallest absolute Gasteiger partial charge is 0.261 e. The second-order valence-corrected chi connectivity index (χ2v) is 4.47. The molecule has 0 fully saturated rings. The lowest BCUT2D eigenvalue weighted by Crippen LogP contribution is -2.19. The van der Waals surface area contributed by atoms with Gasteiger partial charge in [0.2, 0.25) is 0 Å². The largest absolute Gasteiger partial charge is 0.354 e. The van der Waals surface area contributed by atoms with E-state index in [0.29, 0.717) is 14.5 Å². The third kappa shape index (κ3) is 2.90. The van der Waals surface area contributed by atoms with Gasteiger partial charge in [-0.1, -0.05) is 0 Å². The maximum absolute atomic E-state index is 11.3. The molecule has 0 saturated heterocycles. The standard InChI is InChI=1S/C10H7Br2N3O/c1-14-10(16)6(3-13)2-7-8(11)4-15-5-9(7)12/h2,4-5H,1H3,(H,14,16). The third-order valence-electron chi connectivity index (χ3n) is 1.77. The van der Waals surface area contributed by atoms with E-state index in [1.54, 1.807) is 12.4 Å². The number of rotatable bonds is 2. The summed E-state index contributed by atoms with van der Waals surface area (Å²) in [6.45, 7) is 0. The van der Waals surface area contributed by atoms with E-state index in [2.05, 4.69) is 42.2 Å².